The molecule has 0 fully saturated rings. The van der Waals surface area contributed by atoms with Crippen LogP contribution in [0, 0.1) is 0 Å². The van der Waals surface area contributed by atoms with E-state index in [2.05, 4.69) is 5.32 Å². The third kappa shape index (κ3) is 4.60. The molecule has 2 amide bonds. The van der Waals surface area contributed by atoms with Crippen LogP contribution in [0.3, 0.4) is 0 Å². The molecule has 0 saturated carbocycles. The van der Waals surface area contributed by atoms with Crippen molar-refractivity contribution in [2.75, 3.05) is 47.9 Å². The normalized spacial score (nSPS) is 16.5. The van der Waals surface area contributed by atoms with Crippen molar-refractivity contribution in [1.82, 2.24) is 4.90 Å². The number of hydrogen-bond donors (Lipinski definition) is 1. The van der Waals surface area contributed by atoms with Crippen molar-refractivity contribution in [1.29, 1.82) is 0 Å². The van der Waals surface area contributed by atoms with Crippen molar-refractivity contribution < 1.29 is 33.3 Å². The number of rotatable bonds is 8. The number of amides is 2. The Labute approximate surface area is 215 Å². The first-order chi connectivity index (χ1) is 17.9. The first kappa shape index (κ1) is 25.7. The fourth-order valence-corrected chi connectivity index (χ4v) is 4.74. The standard InChI is InChI=1S/C28H30N2O7/c1-30-26(16-11-12-21(34-3)22(13-16)35-4)25(27(31)29-19-9-7-8-10-20(19)33-2)17-14-23(36-5)24(37-6)15-18(17)28(30)32/h7-15,25-26H,1-6H3,(H,29,31)/t25-,26+/m1/s1. The van der Waals surface area contributed by atoms with Crippen LogP contribution in [0.15, 0.2) is 54.6 Å². The summed E-state index contributed by atoms with van der Waals surface area (Å²) in [5.74, 6) is 0.984. The molecular weight excluding hydrogens is 476 g/mol. The summed E-state index contributed by atoms with van der Waals surface area (Å²) >= 11 is 0. The number of benzene rings is 3. The molecule has 1 N–H and O–H groups in total. The number of hydrogen-bond acceptors (Lipinski definition) is 7. The van der Waals surface area contributed by atoms with Crippen LogP contribution in [-0.4, -0.2) is 59.3 Å². The fraction of sp³-hybridized carbons (Fsp3) is 0.286. The van der Waals surface area contributed by atoms with Crippen LogP contribution in [0.5, 0.6) is 28.7 Å². The number of carbonyl (C=O) groups is 2. The lowest BCUT2D eigenvalue weighted by Gasteiger charge is -2.40. The van der Waals surface area contributed by atoms with Gasteiger partial charge in [-0.1, -0.05) is 18.2 Å². The molecule has 0 spiro atoms. The highest BCUT2D eigenvalue weighted by Gasteiger charge is 2.44. The minimum Gasteiger partial charge on any atom is -0.495 e. The first-order valence-corrected chi connectivity index (χ1v) is 11.6. The Morgan fingerprint density at radius 3 is 2.00 bits per heavy atom. The maximum atomic E-state index is 14.0. The average Bonchev–Trinajstić information content (AvgIpc) is 2.93. The molecule has 3 aromatic carbocycles. The molecule has 0 aromatic heterocycles. The minimum atomic E-state index is -0.805. The van der Waals surface area contributed by atoms with E-state index in [-0.39, 0.29) is 11.8 Å². The van der Waals surface area contributed by atoms with Gasteiger partial charge in [0.05, 0.1) is 53.2 Å². The predicted molar refractivity (Wildman–Crippen MR) is 138 cm³/mol. The molecular formula is C28H30N2O7. The second kappa shape index (κ2) is 10.7. The number of methoxy groups -OCH3 is 5. The van der Waals surface area contributed by atoms with Crippen molar-refractivity contribution in [3.05, 3.63) is 71.3 Å². The first-order valence-electron chi connectivity index (χ1n) is 11.6. The van der Waals surface area contributed by atoms with E-state index in [1.807, 2.05) is 18.2 Å². The molecule has 3 aromatic rings. The maximum Gasteiger partial charge on any atom is 0.254 e. The molecule has 194 valence electrons. The molecule has 0 radical (unpaired) electrons. The summed E-state index contributed by atoms with van der Waals surface area (Å²) in [4.78, 5) is 29.2. The van der Waals surface area contributed by atoms with Crippen molar-refractivity contribution in [3.63, 3.8) is 0 Å². The van der Waals surface area contributed by atoms with Gasteiger partial charge in [0, 0.05) is 12.6 Å². The minimum absolute atomic E-state index is 0.253. The number of anilines is 1. The molecule has 0 aliphatic carbocycles. The van der Waals surface area contributed by atoms with Gasteiger partial charge in [0.15, 0.2) is 23.0 Å². The molecule has 1 aliphatic heterocycles. The SMILES string of the molecule is COc1ccccc1NC(=O)[C@@H]1c2cc(OC)c(OC)cc2C(=O)N(C)[C@H]1c1ccc(OC)c(OC)c1. The lowest BCUT2D eigenvalue weighted by Crippen LogP contribution is -2.44. The number of likely N-dealkylation sites (N-methyl/N-ethyl adjacent to an activating group) is 1. The number of fused-ring (bicyclic) bond motifs is 1. The third-order valence-corrected chi connectivity index (χ3v) is 6.57. The Bertz CT molecular complexity index is 1320. The molecule has 9 nitrogen and oxygen atoms in total. The molecule has 37 heavy (non-hydrogen) atoms. The van der Waals surface area contributed by atoms with Gasteiger partial charge in [-0.25, -0.2) is 0 Å². The predicted octanol–water partition coefficient (Wildman–Crippen LogP) is 4.28. The number of nitrogens with one attached hydrogen (secondary N) is 1. The summed E-state index contributed by atoms with van der Waals surface area (Å²) < 4.78 is 27.3. The van der Waals surface area contributed by atoms with Crippen molar-refractivity contribution in [2.24, 2.45) is 0 Å². The lowest BCUT2D eigenvalue weighted by molar-refractivity contribution is -0.119. The second-order valence-electron chi connectivity index (χ2n) is 8.44. The Morgan fingerprint density at radius 2 is 1.35 bits per heavy atom. The monoisotopic (exact) mass is 506 g/mol. The van der Waals surface area contributed by atoms with Gasteiger partial charge in [0.2, 0.25) is 5.91 Å². The van der Waals surface area contributed by atoms with Crippen LogP contribution in [0.1, 0.15) is 33.4 Å². The number of nitrogens with zero attached hydrogens (tertiary/aromatic N) is 1. The largest absolute Gasteiger partial charge is 0.495 e. The summed E-state index contributed by atoms with van der Waals surface area (Å²) in [7, 11) is 9.31. The highest BCUT2D eigenvalue weighted by molar-refractivity contribution is 6.05. The van der Waals surface area contributed by atoms with E-state index < -0.39 is 12.0 Å². The lowest BCUT2D eigenvalue weighted by atomic mass is 9.79. The van der Waals surface area contributed by atoms with E-state index in [0.717, 1.165) is 0 Å². The van der Waals surface area contributed by atoms with E-state index in [0.29, 0.717) is 51.1 Å². The third-order valence-electron chi connectivity index (χ3n) is 6.57. The number of carbonyl (C=O) groups excluding carboxylic acids is 2. The number of ether oxygens (including phenoxy) is 5. The van der Waals surface area contributed by atoms with Gasteiger partial charge in [-0.2, -0.15) is 0 Å². The van der Waals surface area contributed by atoms with Crippen LogP contribution in [0.2, 0.25) is 0 Å². The Kier molecular flexibility index (Phi) is 7.42. The fourth-order valence-electron chi connectivity index (χ4n) is 4.74. The van der Waals surface area contributed by atoms with Gasteiger partial charge in [-0.3, -0.25) is 9.59 Å². The summed E-state index contributed by atoms with van der Waals surface area (Å²) in [5, 5.41) is 2.99. The molecule has 0 bridgehead atoms. The van der Waals surface area contributed by atoms with E-state index in [9.17, 15) is 9.59 Å². The van der Waals surface area contributed by atoms with E-state index in [1.54, 1.807) is 55.5 Å². The van der Waals surface area contributed by atoms with Crippen LogP contribution in [-0.2, 0) is 4.79 Å². The van der Waals surface area contributed by atoms with Crippen LogP contribution in [0.4, 0.5) is 5.69 Å². The summed E-state index contributed by atoms with van der Waals surface area (Å²) in [6.07, 6.45) is 0. The van der Waals surface area contributed by atoms with Crippen molar-refractivity contribution in [2.45, 2.75) is 12.0 Å². The van der Waals surface area contributed by atoms with Gasteiger partial charge < -0.3 is 33.9 Å². The van der Waals surface area contributed by atoms with Gasteiger partial charge in [0.25, 0.3) is 5.91 Å². The maximum absolute atomic E-state index is 14.0. The topological polar surface area (TPSA) is 95.6 Å². The second-order valence-corrected chi connectivity index (χ2v) is 8.44. The van der Waals surface area contributed by atoms with Gasteiger partial charge >= 0.3 is 0 Å². The Morgan fingerprint density at radius 1 is 0.757 bits per heavy atom. The smallest absolute Gasteiger partial charge is 0.254 e. The van der Waals surface area contributed by atoms with Crippen molar-refractivity contribution >= 4 is 17.5 Å². The zero-order chi connectivity index (χ0) is 26.7. The highest BCUT2D eigenvalue weighted by Crippen LogP contribution is 2.47. The van der Waals surface area contributed by atoms with Crippen LogP contribution in [0.25, 0.3) is 0 Å². The summed E-state index contributed by atoms with van der Waals surface area (Å²) in [6, 6.07) is 15.2. The molecule has 1 heterocycles. The van der Waals surface area contributed by atoms with E-state index in [1.165, 1.54) is 28.4 Å². The molecule has 4 rings (SSSR count). The average molecular weight is 507 g/mol. The summed E-state index contributed by atoms with van der Waals surface area (Å²) in [6.45, 7) is 0. The Hall–Kier alpha value is -4.40. The molecule has 9 heteroatoms. The highest BCUT2D eigenvalue weighted by atomic mass is 16.5. The molecule has 1 aliphatic rings. The van der Waals surface area contributed by atoms with Gasteiger partial charge in [0.1, 0.15) is 5.75 Å². The van der Waals surface area contributed by atoms with Crippen molar-refractivity contribution in [3.8, 4) is 28.7 Å². The van der Waals surface area contributed by atoms with E-state index >= 15 is 0 Å². The van der Waals surface area contributed by atoms with Gasteiger partial charge in [-0.05, 0) is 47.5 Å². The molecule has 0 saturated heterocycles. The quantitative estimate of drug-likeness (QED) is 0.487. The van der Waals surface area contributed by atoms with Crippen LogP contribution >= 0.6 is 0 Å². The summed E-state index contributed by atoms with van der Waals surface area (Å²) in [5.41, 5.74) is 2.10. The van der Waals surface area contributed by atoms with E-state index in [4.69, 9.17) is 23.7 Å². The Balaban J connectivity index is 1.91. The molecule has 2 atom stereocenters. The zero-order valence-corrected chi connectivity index (χ0v) is 21.7. The zero-order valence-electron chi connectivity index (χ0n) is 21.7. The molecule has 0 unspecified atom stereocenters. The number of para-hydroxylation sites is 2. The van der Waals surface area contributed by atoms with Gasteiger partial charge in [-0.15, -0.1) is 0 Å². The van der Waals surface area contributed by atoms with Crippen LogP contribution < -0.4 is 29.0 Å².